The van der Waals surface area contributed by atoms with E-state index in [2.05, 4.69) is 83.7 Å². The molecule has 0 fully saturated rings. The van der Waals surface area contributed by atoms with Gasteiger partial charge in [-0.3, -0.25) is 0 Å². The normalized spacial score (nSPS) is 22.4. The zero-order valence-corrected chi connectivity index (χ0v) is 15.7. The van der Waals surface area contributed by atoms with E-state index in [9.17, 15) is 0 Å². The summed E-state index contributed by atoms with van der Waals surface area (Å²) in [4.78, 5) is 0. The number of hydrogen-bond donors (Lipinski definition) is 1. The van der Waals surface area contributed by atoms with Crippen molar-refractivity contribution < 1.29 is 0 Å². The lowest BCUT2D eigenvalue weighted by molar-refractivity contribution is 0.206. The maximum absolute atomic E-state index is 6.10. The highest BCUT2D eigenvalue weighted by Crippen LogP contribution is 2.46. The summed E-state index contributed by atoms with van der Waals surface area (Å²) in [7, 11) is 0. The van der Waals surface area contributed by atoms with Crippen molar-refractivity contribution in [3.8, 4) is 0 Å². The molecule has 0 aromatic carbocycles. The number of rotatable bonds is 6. The molecule has 0 heterocycles. The van der Waals surface area contributed by atoms with Crippen molar-refractivity contribution in [3.63, 3.8) is 0 Å². The van der Waals surface area contributed by atoms with Gasteiger partial charge in [-0.25, -0.2) is 0 Å². The lowest BCUT2D eigenvalue weighted by Crippen LogP contribution is -2.33. The second kappa shape index (κ2) is 8.19. The summed E-state index contributed by atoms with van der Waals surface area (Å²) >= 11 is 0. The fourth-order valence-electron chi connectivity index (χ4n) is 3.36. The van der Waals surface area contributed by atoms with E-state index in [4.69, 9.17) is 5.73 Å². The molecule has 1 aliphatic carbocycles. The number of nitrogens with two attached hydrogens (primary N) is 1. The Morgan fingerprint density at radius 1 is 1.35 bits per heavy atom. The maximum atomic E-state index is 6.10. The molecule has 2 N–H and O–H groups in total. The molecule has 0 bridgehead atoms. The van der Waals surface area contributed by atoms with Gasteiger partial charge in [0.25, 0.3) is 0 Å². The zero-order valence-electron chi connectivity index (χ0n) is 15.7. The van der Waals surface area contributed by atoms with Gasteiger partial charge in [-0.2, -0.15) is 0 Å². The van der Waals surface area contributed by atoms with Crippen LogP contribution in [-0.4, -0.2) is 0 Å². The van der Waals surface area contributed by atoms with Gasteiger partial charge in [0.05, 0.1) is 0 Å². The van der Waals surface area contributed by atoms with Gasteiger partial charge in [0.15, 0.2) is 0 Å². The lowest BCUT2D eigenvalue weighted by Gasteiger charge is -2.42. The molecule has 1 nitrogen and oxygen atoms in total. The quantitative estimate of drug-likeness (QED) is 0.466. The monoisotopic (exact) mass is 311 g/mol. The first kappa shape index (κ1) is 19.3. The third-order valence-corrected chi connectivity index (χ3v) is 5.01. The molecule has 0 spiro atoms. The van der Waals surface area contributed by atoms with Crippen LogP contribution in [0.5, 0.6) is 0 Å². The van der Waals surface area contributed by atoms with Crippen molar-refractivity contribution >= 4 is 0 Å². The Kier molecular flexibility index (Phi) is 6.87. The minimum Gasteiger partial charge on any atom is -0.399 e. The van der Waals surface area contributed by atoms with Crippen LogP contribution in [0.4, 0.5) is 0 Å². The van der Waals surface area contributed by atoms with Gasteiger partial charge in [-0.1, -0.05) is 69.4 Å². The standard InChI is InChI=1S/C22H33N/c1-8-10-17(5)14-18(6)20-15-19(23)11-12-21(20)22(7,13-9-2)16(3)4/h8-11,13-16,21H,6,12,23H2,1-5,7H3/b10-8-,13-9?,17-14-. The molecule has 0 saturated heterocycles. The number of hydrogen-bond acceptors (Lipinski definition) is 1. The molecule has 23 heavy (non-hydrogen) atoms. The molecule has 1 aliphatic rings. The van der Waals surface area contributed by atoms with E-state index < -0.39 is 0 Å². The van der Waals surface area contributed by atoms with Crippen LogP contribution in [0.2, 0.25) is 0 Å². The molecule has 0 aromatic rings. The molecule has 0 amide bonds. The van der Waals surface area contributed by atoms with Crippen molar-refractivity contribution in [3.05, 3.63) is 71.5 Å². The van der Waals surface area contributed by atoms with Crippen LogP contribution in [0.1, 0.15) is 48.0 Å². The average Bonchev–Trinajstić information content (AvgIpc) is 2.47. The Labute approximate surface area is 143 Å². The summed E-state index contributed by atoms with van der Waals surface area (Å²) in [5.41, 5.74) is 10.6. The first-order chi connectivity index (χ1) is 10.8. The van der Waals surface area contributed by atoms with Crippen LogP contribution < -0.4 is 5.73 Å². The van der Waals surface area contributed by atoms with Crippen molar-refractivity contribution in [2.24, 2.45) is 23.0 Å². The average molecular weight is 312 g/mol. The molecule has 0 aliphatic heterocycles. The van der Waals surface area contributed by atoms with E-state index in [1.807, 2.05) is 6.92 Å². The summed E-state index contributed by atoms with van der Waals surface area (Å²) in [6, 6.07) is 0. The van der Waals surface area contributed by atoms with E-state index in [1.54, 1.807) is 0 Å². The molecule has 2 atom stereocenters. The topological polar surface area (TPSA) is 26.0 Å². The second-order valence-electron chi connectivity index (χ2n) is 7.03. The highest BCUT2D eigenvalue weighted by atomic mass is 14.6. The minimum absolute atomic E-state index is 0.0864. The van der Waals surface area contributed by atoms with Crippen LogP contribution in [0.3, 0.4) is 0 Å². The van der Waals surface area contributed by atoms with Gasteiger partial charge in [0, 0.05) is 5.70 Å². The summed E-state index contributed by atoms with van der Waals surface area (Å²) in [5, 5.41) is 0. The smallest absolute Gasteiger partial charge is 0.0276 e. The molecule has 1 heteroatoms. The first-order valence-corrected chi connectivity index (χ1v) is 8.57. The molecular weight excluding hydrogens is 278 g/mol. The molecule has 1 rings (SSSR count). The fourth-order valence-corrected chi connectivity index (χ4v) is 3.36. The van der Waals surface area contributed by atoms with E-state index in [-0.39, 0.29) is 5.41 Å². The van der Waals surface area contributed by atoms with E-state index in [1.165, 1.54) is 11.1 Å². The van der Waals surface area contributed by atoms with Crippen LogP contribution >= 0.6 is 0 Å². The minimum atomic E-state index is 0.0864. The van der Waals surface area contributed by atoms with Crippen molar-refractivity contribution in [1.82, 2.24) is 0 Å². The Bertz CT molecular complexity index is 581. The van der Waals surface area contributed by atoms with Crippen molar-refractivity contribution in [1.29, 1.82) is 0 Å². The Morgan fingerprint density at radius 2 is 2.00 bits per heavy atom. The van der Waals surface area contributed by atoms with Crippen LogP contribution in [0.25, 0.3) is 0 Å². The Balaban J connectivity index is 3.31. The molecule has 126 valence electrons. The first-order valence-electron chi connectivity index (χ1n) is 8.57. The molecule has 0 aromatic heterocycles. The van der Waals surface area contributed by atoms with E-state index >= 15 is 0 Å². The fraction of sp³-hybridized carbons (Fsp3) is 0.455. The van der Waals surface area contributed by atoms with Gasteiger partial charge in [0.1, 0.15) is 0 Å². The Hall–Kier alpha value is -1.76. The van der Waals surface area contributed by atoms with E-state index in [0.717, 1.165) is 17.7 Å². The molecule has 0 radical (unpaired) electrons. The highest BCUT2D eigenvalue weighted by molar-refractivity contribution is 5.48. The van der Waals surface area contributed by atoms with Crippen LogP contribution in [0.15, 0.2) is 71.5 Å². The SMILES string of the molecule is C=C(/C=C(C)\C=C/C)C1=CC(N)=CCC1C(C)(C=CC)C(C)C. The summed E-state index contributed by atoms with van der Waals surface area (Å²) < 4.78 is 0. The predicted molar refractivity (Wildman–Crippen MR) is 104 cm³/mol. The third-order valence-electron chi connectivity index (χ3n) is 5.01. The van der Waals surface area contributed by atoms with Crippen molar-refractivity contribution in [2.45, 2.75) is 48.0 Å². The zero-order chi connectivity index (χ0) is 17.6. The van der Waals surface area contributed by atoms with Crippen LogP contribution in [-0.2, 0) is 0 Å². The van der Waals surface area contributed by atoms with Gasteiger partial charge >= 0.3 is 0 Å². The maximum Gasteiger partial charge on any atom is 0.0276 e. The third kappa shape index (κ3) is 4.60. The summed E-state index contributed by atoms with van der Waals surface area (Å²) in [5.74, 6) is 0.932. The Morgan fingerprint density at radius 3 is 2.52 bits per heavy atom. The largest absolute Gasteiger partial charge is 0.399 e. The van der Waals surface area contributed by atoms with Gasteiger partial charge < -0.3 is 5.73 Å². The molecular formula is C22H33N. The van der Waals surface area contributed by atoms with Crippen molar-refractivity contribution in [2.75, 3.05) is 0 Å². The second-order valence-corrected chi connectivity index (χ2v) is 7.03. The number of allylic oxidation sites excluding steroid dienone is 10. The predicted octanol–water partition coefficient (Wildman–Crippen LogP) is 6.09. The highest BCUT2D eigenvalue weighted by Gasteiger charge is 2.37. The van der Waals surface area contributed by atoms with Crippen LogP contribution in [0, 0.1) is 17.3 Å². The molecule has 2 unspecified atom stereocenters. The molecule has 0 saturated carbocycles. The van der Waals surface area contributed by atoms with Gasteiger partial charge in [-0.15, -0.1) is 0 Å². The van der Waals surface area contributed by atoms with Gasteiger partial charge in [0.2, 0.25) is 0 Å². The summed E-state index contributed by atoms with van der Waals surface area (Å²) in [6.07, 6.45) is 16.1. The van der Waals surface area contributed by atoms with Gasteiger partial charge in [-0.05, 0) is 61.7 Å². The summed E-state index contributed by atoms with van der Waals surface area (Å²) in [6.45, 7) is 17.5. The lowest BCUT2D eigenvalue weighted by atomic mass is 9.62. The van der Waals surface area contributed by atoms with E-state index in [0.29, 0.717) is 11.8 Å².